The molecule has 3 rings (SSSR count). The van der Waals surface area contributed by atoms with Crippen molar-refractivity contribution in [3.8, 4) is 0 Å². The van der Waals surface area contributed by atoms with Gasteiger partial charge in [0.15, 0.2) is 11.6 Å². The molecule has 2 N–H and O–H groups in total. The van der Waals surface area contributed by atoms with Crippen molar-refractivity contribution in [2.75, 3.05) is 0 Å². The normalized spacial score (nSPS) is 13.7. The maximum Gasteiger partial charge on any atom is 0.296 e. The van der Waals surface area contributed by atoms with Gasteiger partial charge in [-0.05, 0) is 12.1 Å². The molecule has 0 unspecified atom stereocenters. The largest absolute Gasteiger partial charge is 0.296 e. The smallest absolute Gasteiger partial charge is 0.289 e. The summed E-state index contributed by atoms with van der Waals surface area (Å²) in [5.74, 6) is -1.65. The number of hydrogen-bond acceptors (Lipinski definition) is 6. The molecular weight excluding hydrogens is 411 g/mol. The molecule has 0 heterocycles. The second-order valence-electron chi connectivity index (χ2n) is 4.97. The Balaban J connectivity index is 0.00000225. The Hall–Kier alpha value is -1.82. The molecule has 0 bridgehead atoms. The molecule has 11 heteroatoms. The zero-order chi connectivity index (χ0) is 17.9. The van der Waals surface area contributed by atoms with E-state index in [2.05, 4.69) is 0 Å². The predicted molar refractivity (Wildman–Crippen MR) is 79.4 cm³/mol. The molecule has 0 atom stereocenters. The van der Waals surface area contributed by atoms with Crippen LogP contribution in [-0.4, -0.2) is 37.5 Å². The minimum atomic E-state index is -5.23. The van der Waals surface area contributed by atoms with E-state index in [1.54, 1.807) is 0 Å². The van der Waals surface area contributed by atoms with Gasteiger partial charge < -0.3 is 0 Å². The zero-order valence-corrected chi connectivity index (χ0v) is 15.1. The number of carbonyl (C=O) groups excluding carboxylic acids is 2. The maximum atomic E-state index is 12.6. The summed E-state index contributed by atoms with van der Waals surface area (Å²) in [6.07, 6.45) is 0. The first-order chi connectivity index (χ1) is 11.0. The molecule has 1 radical (unpaired) electrons. The molecule has 0 aliphatic heterocycles. The van der Waals surface area contributed by atoms with E-state index >= 15 is 0 Å². The number of ketones is 2. The Morgan fingerprint density at radius 2 is 1.20 bits per heavy atom. The Labute approximate surface area is 154 Å². The maximum absolute atomic E-state index is 12.6. The average Bonchev–Trinajstić information content (AvgIpc) is 2.49. The van der Waals surface area contributed by atoms with Crippen molar-refractivity contribution in [2.45, 2.75) is 9.79 Å². The molecule has 2 aromatic rings. The molecule has 0 aromatic heterocycles. The van der Waals surface area contributed by atoms with Crippen LogP contribution >= 0.6 is 0 Å². The Morgan fingerprint density at radius 3 is 1.68 bits per heavy atom. The third-order valence-electron chi connectivity index (χ3n) is 3.55. The van der Waals surface area contributed by atoms with Gasteiger partial charge in [-0.15, -0.1) is 0 Å². The summed E-state index contributed by atoms with van der Waals surface area (Å²) < 4.78 is 64.7. The number of benzene rings is 2. The van der Waals surface area contributed by atoms with Crippen molar-refractivity contribution in [1.29, 1.82) is 0 Å². The van der Waals surface area contributed by atoms with Crippen molar-refractivity contribution in [3.63, 3.8) is 0 Å². The fraction of sp³-hybridized carbons (Fsp3) is 0. The molecule has 0 saturated heterocycles. The summed E-state index contributed by atoms with van der Waals surface area (Å²) in [5, 5.41) is 0. The minimum absolute atomic E-state index is 0. The van der Waals surface area contributed by atoms with Crippen LogP contribution in [0.1, 0.15) is 31.8 Å². The van der Waals surface area contributed by atoms with Gasteiger partial charge in [-0.25, -0.2) is 0 Å². The van der Waals surface area contributed by atoms with E-state index in [0.717, 1.165) is 6.07 Å². The van der Waals surface area contributed by atoms with Crippen LogP contribution in [0.3, 0.4) is 0 Å². The molecule has 1 aliphatic rings. The van der Waals surface area contributed by atoms with Crippen LogP contribution < -0.4 is 0 Å². The number of rotatable bonds is 2. The second-order valence-corrected chi connectivity index (χ2v) is 7.72. The second kappa shape index (κ2) is 6.17. The summed E-state index contributed by atoms with van der Waals surface area (Å²) in [7, 11) is -10.3. The van der Waals surface area contributed by atoms with E-state index in [1.807, 2.05) is 0 Å². The molecule has 0 saturated carbocycles. The summed E-state index contributed by atoms with van der Waals surface area (Å²) in [6.45, 7) is 0. The predicted octanol–water partition coefficient (Wildman–Crippen LogP) is 0.953. The fourth-order valence-corrected chi connectivity index (χ4v) is 4.59. The first-order valence-corrected chi connectivity index (χ1v) is 9.22. The van der Waals surface area contributed by atoms with E-state index in [4.69, 9.17) is 0 Å². The SMILES string of the molecule is O=C1c2ccccc2C(=O)c2c1ccc(S(=O)(=O)O)c2S(=O)(=O)O.[V]. The molecule has 25 heavy (non-hydrogen) atoms. The topological polar surface area (TPSA) is 143 Å². The molecule has 0 amide bonds. The van der Waals surface area contributed by atoms with Crippen LogP contribution in [0.2, 0.25) is 0 Å². The number of carbonyl (C=O) groups is 2. The molecule has 1 aliphatic carbocycles. The van der Waals surface area contributed by atoms with Gasteiger partial charge in [-0.3, -0.25) is 18.7 Å². The van der Waals surface area contributed by atoms with Crippen molar-refractivity contribution < 1.29 is 54.1 Å². The van der Waals surface area contributed by atoms with Crippen LogP contribution in [0.5, 0.6) is 0 Å². The van der Waals surface area contributed by atoms with Gasteiger partial charge in [0.2, 0.25) is 0 Å². The summed E-state index contributed by atoms with van der Waals surface area (Å²) >= 11 is 0. The zero-order valence-electron chi connectivity index (χ0n) is 12.1. The Bertz CT molecular complexity index is 1130. The van der Waals surface area contributed by atoms with Crippen LogP contribution in [0, 0.1) is 0 Å². The van der Waals surface area contributed by atoms with Crippen molar-refractivity contribution in [1.82, 2.24) is 0 Å². The molecule has 129 valence electrons. The quantitative estimate of drug-likeness (QED) is 0.585. The van der Waals surface area contributed by atoms with E-state index in [1.165, 1.54) is 24.3 Å². The number of fused-ring (bicyclic) bond motifs is 2. The van der Waals surface area contributed by atoms with Crippen LogP contribution in [0.15, 0.2) is 46.2 Å². The van der Waals surface area contributed by atoms with E-state index < -0.39 is 47.2 Å². The summed E-state index contributed by atoms with van der Waals surface area (Å²) in [4.78, 5) is 22.6. The summed E-state index contributed by atoms with van der Waals surface area (Å²) in [6, 6.07) is 7.15. The van der Waals surface area contributed by atoms with Gasteiger partial charge >= 0.3 is 0 Å². The monoisotopic (exact) mass is 419 g/mol. The Morgan fingerprint density at radius 1 is 0.680 bits per heavy atom. The van der Waals surface area contributed by atoms with Crippen LogP contribution in [0.25, 0.3) is 0 Å². The standard InChI is InChI=1S/C14H8O8S2.V/c15-12-7-3-1-2-4-8(7)13(16)11-9(12)5-6-10(23(17,18)19)14(11)24(20,21)22;/h1-6H,(H,17,18,19)(H,20,21,22);. The van der Waals surface area contributed by atoms with Gasteiger partial charge in [0.05, 0.1) is 5.56 Å². The van der Waals surface area contributed by atoms with Crippen molar-refractivity contribution in [3.05, 3.63) is 58.7 Å². The van der Waals surface area contributed by atoms with Gasteiger partial charge in [-0.1, -0.05) is 24.3 Å². The average molecular weight is 419 g/mol. The van der Waals surface area contributed by atoms with E-state index in [9.17, 15) is 35.5 Å². The van der Waals surface area contributed by atoms with E-state index in [-0.39, 0.29) is 35.2 Å². The molecule has 0 fully saturated rings. The van der Waals surface area contributed by atoms with Gasteiger partial charge in [0.25, 0.3) is 20.2 Å². The Kier molecular flexibility index (Phi) is 4.81. The van der Waals surface area contributed by atoms with Crippen LogP contribution in [0.4, 0.5) is 0 Å². The summed E-state index contributed by atoms with van der Waals surface area (Å²) in [5.41, 5.74) is -1.27. The van der Waals surface area contributed by atoms with Crippen molar-refractivity contribution in [2.24, 2.45) is 0 Å². The molecule has 2 aromatic carbocycles. The first kappa shape index (κ1) is 19.5. The van der Waals surface area contributed by atoms with Crippen LogP contribution in [-0.2, 0) is 38.8 Å². The molecule has 8 nitrogen and oxygen atoms in total. The van der Waals surface area contributed by atoms with Gasteiger partial charge in [0, 0.05) is 35.2 Å². The first-order valence-electron chi connectivity index (χ1n) is 6.34. The molecule has 0 spiro atoms. The van der Waals surface area contributed by atoms with Gasteiger partial charge in [-0.2, -0.15) is 16.8 Å². The third-order valence-corrected chi connectivity index (χ3v) is 5.51. The minimum Gasteiger partial charge on any atom is -0.289 e. The van der Waals surface area contributed by atoms with E-state index in [0.29, 0.717) is 6.07 Å². The van der Waals surface area contributed by atoms with Crippen molar-refractivity contribution >= 4 is 31.8 Å². The number of hydrogen-bond donors (Lipinski definition) is 2. The molecular formula is C14H8O8S2V. The van der Waals surface area contributed by atoms with Gasteiger partial charge in [0.1, 0.15) is 9.79 Å². The fourth-order valence-electron chi connectivity index (χ4n) is 2.60. The third kappa shape index (κ3) is 3.08.